The zero-order valence-corrected chi connectivity index (χ0v) is 9.86. The first-order valence-electron chi connectivity index (χ1n) is 5.89. The Bertz CT molecular complexity index is 340. The quantitative estimate of drug-likeness (QED) is 0.819. The van der Waals surface area contributed by atoms with Gasteiger partial charge in [0.1, 0.15) is 0 Å². The largest absolute Gasteiger partial charge is 0.383 e. The summed E-state index contributed by atoms with van der Waals surface area (Å²) >= 11 is 0. The van der Waals surface area contributed by atoms with E-state index in [2.05, 4.69) is 29.2 Å². The molecule has 0 aliphatic carbocycles. The summed E-state index contributed by atoms with van der Waals surface area (Å²) in [5, 5.41) is 0. The summed E-state index contributed by atoms with van der Waals surface area (Å²) in [5.74, 6) is 0.595. The highest BCUT2D eigenvalue weighted by molar-refractivity contribution is 5.60. The van der Waals surface area contributed by atoms with E-state index in [1.807, 2.05) is 0 Å². The number of rotatable bonds is 5. The van der Waals surface area contributed by atoms with Crippen LogP contribution in [-0.2, 0) is 4.74 Å². The number of anilines is 1. The molecule has 1 aromatic rings. The second-order valence-electron chi connectivity index (χ2n) is 4.27. The summed E-state index contributed by atoms with van der Waals surface area (Å²) in [4.78, 5) is 2.40. The van der Waals surface area contributed by atoms with Crippen molar-refractivity contribution < 1.29 is 4.74 Å². The van der Waals surface area contributed by atoms with Crippen LogP contribution in [0.5, 0.6) is 0 Å². The molecule has 1 heterocycles. The van der Waals surface area contributed by atoms with Crippen LogP contribution in [0.4, 0.5) is 5.69 Å². The van der Waals surface area contributed by atoms with Gasteiger partial charge in [0.15, 0.2) is 0 Å². The number of nitrogens with zero attached hydrogens (tertiary/aromatic N) is 1. The number of nitrogens with two attached hydrogens (primary N) is 1. The van der Waals surface area contributed by atoms with Gasteiger partial charge in [-0.15, -0.1) is 0 Å². The predicted molar refractivity (Wildman–Crippen MR) is 66.9 cm³/mol. The van der Waals surface area contributed by atoms with Crippen molar-refractivity contribution in [3.63, 3.8) is 0 Å². The van der Waals surface area contributed by atoms with E-state index >= 15 is 0 Å². The molecule has 88 valence electrons. The van der Waals surface area contributed by atoms with E-state index in [9.17, 15) is 0 Å². The van der Waals surface area contributed by atoms with E-state index in [1.54, 1.807) is 7.11 Å². The highest BCUT2D eigenvalue weighted by Gasteiger charge is 2.26. The Hall–Kier alpha value is -1.06. The molecule has 0 amide bonds. The first kappa shape index (κ1) is 11.4. The van der Waals surface area contributed by atoms with E-state index < -0.39 is 0 Å². The lowest BCUT2D eigenvalue weighted by atomic mass is 9.98. The van der Waals surface area contributed by atoms with Crippen molar-refractivity contribution in [2.45, 2.75) is 12.3 Å². The molecule has 2 rings (SSSR count). The number of benzene rings is 1. The zero-order valence-electron chi connectivity index (χ0n) is 9.86. The minimum atomic E-state index is 0.595. The maximum atomic E-state index is 5.67. The lowest BCUT2D eigenvalue weighted by Gasteiger charge is -2.19. The fourth-order valence-corrected chi connectivity index (χ4v) is 2.44. The van der Waals surface area contributed by atoms with Gasteiger partial charge in [-0.25, -0.2) is 0 Å². The Kier molecular flexibility index (Phi) is 3.80. The van der Waals surface area contributed by atoms with Crippen molar-refractivity contribution in [3.05, 3.63) is 29.8 Å². The van der Waals surface area contributed by atoms with Crippen molar-refractivity contribution in [3.8, 4) is 0 Å². The second kappa shape index (κ2) is 5.32. The molecule has 3 heteroatoms. The van der Waals surface area contributed by atoms with E-state index in [0.717, 1.165) is 32.7 Å². The van der Waals surface area contributed by atoms with Crippen molar-refractivity contribution in [1.82, 2.24) is 0 Å². The number of para-hydroxylation sites is 1. The van der Waals surface area contributed by atoms with E-state index in [1.165, 1.54) is 11.3 Å². The third-order valence-corrected chi connectivity index (χ3v) is 3.24. The average Bonchev–Trinajstić information content (AvgIpc) is 2.66. The summed E-state index contributed by atoms with van der Waals surface area (Å²) in [6.07, 6.45) is 1.07. The van der Waals surface area contributed by atoms with Crippen LogP contribution >= 0.6 is 0 Å². The molecule has 0 fully saturated rings. The lowest BCUT2D eigenvalue weighted by molar-refractivity contribution is 0.205. The fourth-order valence-electron chi connectivity index (χ4n) is 2.44. The van der Waals surface area contributed by atoms with Crippen LogP contribution in [-0.4, -0.2) is 33.4 Å². The fraction of sp³-hybridized carbons (Fsp3) is 0.538. The normalized spacial score (nSPS) is 18.9. The van der Waals surface area contributed by atoms with Gasteiger partial charge in [-0.2, -0.15) is 0 Å². The smallest absolute Gasteiger partial charge is 0.0637 e. The van der Waals surface area contributed by atoms with Crippen LogP contribution in [0.25, 0.3) is 0 Å². The molecular formula is C13H20N2O. The molecule has 0 bridgehead atoms. The van der Waals surface area contributed by atoms with Gasteiger partial charge in [0.2, 0.25) is 0 Å². The van der Waals surface area contributed by atoms with Gasteiger partial charge in [0, 0.05) is 31.8 Å². The molecule has 1 aromatic carbocycles. The summed E-state index contributed by atoms with van der Waals surface area (Å²) in [6.45, 7) is 3.59. The number of fused-ring (bicyclic) bond motifs is 1. The molecule has 1 aliphatic rings. The molecule has 0 saturated heterocycles. The molecule has 1 unspecified atom stereocenters. The van der Waals surface area contributed by atoms with Crippen LogP contribution in [0.1, 0.15) is 17.9 Å². The van der Waals surface area contributed by atoms with E-state index in [0.29, 0.717) is 5.92 Å². The van der Waals surface area contributed by atoms with E-state index in [-0.39, 0.29) is 0 Å². The number of ether oxygens (including phenoxy) is 1. The molecule has 0 saturated carbocycles. The first-order chi connectivity index (χ1) is 7.86. The molecule has 16 heavy (non-hydrogen) atoms. The topological polar surface area (TPSA) is 38.5 Å². The van der Waals surface area contributed by atoms with Crippen molar-refractivity contribution in [1.29, 1.82) is 0 Å². The van der Waals surface area contributed by atoms with Gasteiger partial charge >= 0.3 is 0 Å². The summed E-state index contributed by atoms with van der Waals surface area (Å²) in [6, 6.07) is 8.63. The molecule has 0 aromatic heterocycles. The highest BCUT2D eigenvalue weighted by Crippen LogP contribution is 2.37. The summed E-state index contributed by atoms with van der Waals surface area (Å²) in [7, 11) is 1.75. The summed E-state index contributed by atoms with van der Waals surface area (Å²) in [5.41, 5.74) is 8.48. The standard InChI is InChI=1S/C13H20N2O/c1-16-9-8-15-10-11(6-7-14)12-4-2-3-5-13(12)15/h2-5,11H,6-10,14H2,1H3. The average molecular weight is 220 g/mol. The molecule has 1 aliphatic heterocycles. The number of hydrogen-bond acceptors (Lipinski definition) is 3. The SMILES string of the molecule is COCCN1CC(CCN)c2ccccc21. The minimum absolute atomic E-state index is 0.595. The minimum Gasteiger partial charge on any atom is -0.383 e. The molecular weight excluding hydrogens is 200 g/mol. The van der Waals surface area contributed by atoms with Crippen LogP contribution in [0.3, 0.4) is 0 Å². The van der Waals surface area contributed by atoms with Crippen LogP contribution < -0.4 is 10.6 Å². The van der Waals surface area contributed by atoms with Gasteiger partial charge in [-0.1, -0.05) is 18.2 Å². The van der Waals surface area contributed by atoms with Crippen LogP contribution in [0.15, 0.2) is 24.3 Å². The van der Waals surface area contributed by atoms with Gasteiger partial charge in [-0.3, -0.25) is 0 Å². The Morgan fingerprint density at radius 1 is 1.44 bits per heavy atom. The van der Waals surface area contributed by atoms with Gasteiger partial charge in [0.05, 0.1) is 6.61 Å². The van der Waals surface area contributed by atoms with Crippen molar-refractivity contribution in [2.24, 2.45) is 5.73 Å². The second-order valence-corrected chi connectivity index (χ2v) is 4.27. The van der Waals surface area contributed by atoms with E-state index in [4.69, 9.17) is 10.5 Å². The molecule has 3 nitrogen and oxygen atoms in total. The van der Waals surface area contributed by atoms with Gasteiger partial charge in [0.25, 0.3) is 0 Å². The molecule has 2 N–H and O–H groups in total. The number of methoxy groups -OCH3 is 1. The van der Waals surface area contributed by atoms with Crippen LogP contribution in [0.2, 0.25) is 0 Å². The van der Waals surface area contributed by atoms with Gasteiger partial charge in [-0.05, 0) is 24.6 Å². The maximum Gasteiger partial charge on any atom is 0.0637 e. The highest BCUT2D eigenvalue weighted by atomic mass is 16.5. The molecule has 1 atom stereocenters. The van der Waals surface area contributed by atoms with Crippen molar-refractivity contribution >= 4 is 5.69 Å². The van der Waals surface area contributed by atoms with Crippen LogP contribution in [0, 0.1) is 0 Å². The maximum absolute atomic E-state index is 5.67. The first-order valence-corrected chi connectivity index (χ1v) is 5.89. The Morgan fingerprint density at radius 3 is 3.00 bits per heavy atom. The monoisotopic (exact) mass is 220 g/mol. The number of hydrogen-bond donors (Lipinski definition) is 1. The Balaban J connectivity index is 2.14. The lowest BCUT2D eigenvalue weighted by Crippen LogP contribution is -2.26. The summed E-state index contributed by atoms with van der Waals surface area (Å²) < 4.78 is 5.15. The third-order valence-electron chi connectivity index (χ3n) is 3.24. The molecule has 0 spiro atoms. The third kappa shape index (κ3) is 2.20. The molecule has 0 radical (unpaired) electrons. The zero-order chi connectivity index (χ0) is 11.4. The Morgan fingerprint density at radius 2 is 2.25 bits per heavy atom. The Labute approximate surface area is 97.2 Å². The van der Waals surface area contributed by atoms with Gasteiger partial charge < -0.3 is 15.4 Å². The predicted octanol–water partition coefficient (Wildman–Crippen LogP) is 1.59. The van der Waals surface area contributed by atoms with Crippen molar-refractivity contribution in [2.75, 3.05) is 38.3 Å².